The molecule has 2 amide bonds. The Morgan fingerprint density at radius 3 is 2.33 bits per heavy atom. The van der Waals surface area contributed by atoms with Crippen LogP contribution >= 0.6 is 27.5 Å². The van der Waals surface area contributed by atoms with Crippen LogP contribution in [0.5, 0.6) is 0 Å². The number of carbonyl (C=O) groups is 2. The number of sulfonamides is 1. The zero-order chi connectivity index (χ0) is 24.6. The number of carbonyl (C=O) groups excluding carboxylic acids is 2. The molecule has 0 fully saturated rings. The Kier molecular flexibility index (Phi) is 10.2. The molecule has 2 aromatic carbocycles. The van der Waals surface area contributed by atoms with Crippen LogP contribution in [-0.2, 0) is 26.2 Å². The standard InChI is InChI=1S/C23H29BrClN3O4S/c1-4-13-26-23(30)21(5-2)27(15-17-9-11-19(25)12-10-17)22(29)16-28(33(3,31)32)20-8-6-7-18(24)14-20/h6-12,14,21H,4-5,13,15-16H2,1-3H3,(H,26,30)/t21-/m0/s1. The average molecular weight is 559 g/mol. The predicted octanol–water partition coefficient (Wildman–Crippen LogP) is 4.20. The fraction of sp³-hybridized carbons (Fsp3) is 0.391. The molecule has 0 aliphatic rings. The molecule has 10 heteroatoms. The van der Waals surface area contributed by atoms with Gasteiger partial charge < -0.3 is 10.2 Å². The van der Waals surface area contributed by atoms with Gasteiger partial charge >= 0.3 is 0 Å². The molecule has 2 rings (SSSR count). The number of nitrogens with zero attached hydrogens (tertiary/aromatic N) is 2. The van der Waals surface area contributed by atoms with Crippen LogP contribution in [0, 0.1) is 0 Å². The topological polar surface area (TPSA) is 86.8 Å². The van der Waals surface area contributed by atoms with E-state index < -0.39 is 28.5 Å². The number of amides is 2. The maximum absolute atomic E-state index is 13.5. The van der Waals surface area contributed by atoms with Crippen molar-refractivity contribution in [3.8, 4) is 0 Å². The molecule has 0 spiro atoms. The maximum atomic E-state index is 13.5. The number of halogens is 2. The van der Waals surface area contributed by atoms with Gasteiger partial charge in [-0.3, -0.25) is 13.9 Å². The highest BCUT2D eigenvalue weighted by Crippen LogP contribution is 2.23. The summed E-state index contributed by atoms with van der Waals surface area (Å²) in [5.41, 5.74) is 1.14. The molecule has 0 unspecified atom stereocenters. The van der Waals surface area contributed by atoms with Crippen molar-refractivity contribution in [2.75, 3.05) is 23.7 Å². The third-order valence-corrected chi connectivity index (χ3v) is 6.86. The van der Waals surface area contributed by atoms with Crippen LogP contribution in [0.1, 0.15) is 32.3 Å². The van der Waals surface area contributed by atoms with Crippen molar-refractivity contribution in [2.45, 2.75) is 39.3 Å². The second kappa shape index (κ2) is 12.4. The van der Waals surface area contributed by atoms with E-state index in [1.165, 1.54) is 4.90 Å². The van der Waals surface area contributed by atoms with Crippen molar-refractivity contribution < 1.29 is 18.0 Å². The molecule has 0 saturated heterocycles. The minimum atomic E-state index is -3.76. The van der Waals surface area contributed by atoms with E-state index in [4.69, 9.17) is 11.6 Å². The van der Waals surface area contributed by atoms with E-state index in [1.54, 1.807) is 48.5 Å². The van der Waals surface area contributed by atoms with Crippen molar-refractivity contribution in [3.05, 3.63) is 63.6 Å². The summed E-state index contributed by atoms with van der Waals surface area (Å²) in [5.74, 6) is -0.746. The fourth-order valence-electron chi connectivity index (χ4n) is 3.32. The molecule has 1 atom stereocenters. The number of benzene rings is 2. The van der Waals surface area contributed by atoms with Gasteiger partial charge in [-0.05, 0) is 48.7 Å². The van der Waals surface area contributed by atoms with Crippen LogP contribution in [0.4, 0.5) is 5.69 Å². The molecule has 1 N–H and O–H groups in total. The van der Waals surface area contributed by atoms with E-state index in [0.717, 1.165) is 22.5 Å². The number of anilines is 1. The third kappa shape index (κ3) is 8.01. The molecule has 2 aromatic rings. The van der Waals surface area contributed by atoms with Crippen molar-refractivity contribution in [1.82, 2.24) is 10.2 Å². The molecular weight excluding hydrogens is 530 g/mol. The molecule has 180 valence electrons. The summed E-state index contributed by atoms with van der Waals surface area (Å²) < 4.78 is 26.8. The molecule has 0 aliphatic heterocycles. The Morgan fingerprint density at radius 1 is 1.12 bits per heavy atom. The normalized spacial score (nSPS) is 12.2. The fourth-order valence-corrected chi connectivity index (χ4v) is 4.67. The molecule has 0 radical (unpaired) electrons. The van der Waals surface area contributed by atoms with Gasteiger partial charge in [0, 0.05) is 22.6 Å². The number of hydrogen-bond acceptors (Lipinski definition) is 4. The van der Waals surface area contributed by atoms with Crippen LogP contribution in [0.3, 0.4) is 0 Å². The summed E-state index contributed by atoms with van der Waals surface area (Å²) in [4.78, 5) is 27.8. The molecule has 0 heterocycles. The first-order chi connectivity index (χ1) is 15.6. The van der Waals surface area contributed by atoms with E-state index in [9.17, 15) is 18.0 Å². The van der Waals surface area contributed by atoms with Gasteiger partial charge in [-0.15, -0.1) is 0 Å². The average Bonchev–Trinajstić information content (AvgIpc) is 2.76. The molecule has 0 aliphatic carbocycles. The molecule has 7 nitrogen and oxygen atoms in total. The summed E-state index contributed by atoms with van der Waals surface area (Å²) in [6.45, 7) is 3.97. The zero-order valence-electron chi connectivity index (χ0n) is 18.9. The number of rotatable bonds is 11. The Morgan fingerprint density at radius 2 is 1.79 bits per heavy atom. The summed E-state index contributed by atoms with van der Waals surface area (Å²) in [6.07, 6.45) is 2.19. The predicted molar refractivity (Wildman–Crippen MR) is 136 cm³/mol. The zero-order valence-corrected chi connectivity index (χ0v) is 22.1. The van der Waals surface area contributed by atoms with Crippen molar-refractivity contribution in [3.63, 3.8) is 0 Å². The largest absolute Gasteiger partial charge is 0.354 e. The van der Waals surface area contributed by atoms with E-state index in [-0.39, 0.29) is 12.5 Å². The van der Waals surface area contributed by atoms with Gasteiger partial charge in [0.25, 0.3) is 0 Å². The van der Waals surface area contributed by atoms with Crippen molar-refractivity contribution in [1.29, 1.82) is 0 Å². The smallest absolute Gasteiger partial charge is 0.244 e. The Hall–Kier alpha value is -2.10. The van der Waals surface area contributed by atoms with Crippen LogP contribution < -0.4 is 9.62 Å². The second-order valence-electron chi connectivity index (χ2n) is 7.61. The first-order valence-electron chi connectivity index (χ1n) is 10.6. The Bertz CT molecular complexity index is 1060. The lowest BCUT2D eigenvalue weighted by molar-refractivity contribution is -0.140. The monoisotopic (exact) mass is 557 g/mol. The highest BCUT2D eigenvalue weighted by molar-refractivity contribution is 9.10. The SMILES string of the molecule is CCCNC(=O)[C@H](CC)N(Cc1ccc(Cl)cc1)C(=O)CN(c1cccc(Br)c1)S(C)(=O)=O. The molecular formula is C23H29BrClN3O4S. The van der Waals surface area contributed by atoms with Crippen LogP contribution in [0.2, 0.25) is 5.02 Å². The summed E-state index contributed by atoms with van der Waals surface area (Å²) in [6, 6.07) is 12.9. The first-order valence-corrected chi connectivity index (χ1v) is 13.6. The molecule has 0 saturated carbocycles. The number of hydrogen-bond donors (Lipinski definition) is 1. The van der Waals surface area contributed by atoms with E-state index in [2.05, 4.69) is 21.2 Å². The summed E-state index contributed by atoms with van der Waals surface area (Å²) >= 11 is 9.33. The minimum absolute atomic E-state index is 0.143. The van der Waals surface area contributed by atoms with E-state index in [0.29, 0.717) is 28.1 Å². The quantitative estimate of drug-likeness (QED) is 0.448. The Balaban J connectivity index is 2.41. The number of nitrogens with one attached hydrogen (secondary N) is 1. The lowest BCUT2D eigenvalue weighted by Gasteiger charge is -2.33. The van der Waals surface area contributed by atoms with Crippen molar-refractivity contribution >= 4 is 55.1 Å². The first kappa shape index (κ1) is 27.1. The van der Waals surface area contributed by atoms with Crippen LogP contribution in [-0.4, -0.2) is 50.5 Å². The van der Waals surface area contributed by atoms with Gasteiger partial charge in [0.15, 0.2) is 0 Å². The molecule has 0 aromatic heterocycles. The van der Waals surface area contributed by atoms with Crippen molar-refractivity contribution in [2.24, 2.45) is 0 Å². The van der Waals surface area contributed by atoms with E-state index in [1.807, 2.05) is 13.8 Å². The molecule has 33 heavy (non-hydrogen) atoms. The van der Waals surface area contributed by atoms with E-state index >= 15 is 0 Å². The van der Waals surface area contributed by atoms with Gasteiger partial charge in [0.2, 0.25) is 21.8 Å². The van der Waals surface area contributed by atoms with Gasteiger partial charge in [-0.1, -0.05) is 59.6 Å². The van der Waals surface area contributed by atoms with Gasteiger partial charge in [0.05, 0.1) is 11.9 Å². The minimum Gasteiger partial charge on any atom is -0.354 e. The highest BCUT2D eigenvalue weighted by Gasteiger charge is 2.31. The molecule has 0 bridgehead atoms. The Labute approximate surface area is 209 Å². The van der Waals surface area contributed by atoms with Gasteiger partial charge in [-0.25, -0.2) is 8.42 Å². The van der Waals surface area contributed by atoms with Crippen LogP contribution in [0.25, 0.3) is 0 Å². The lowest BCUT2D eigenvalue weighted by Crippen LogP contribution is -2.52. The highest BCUT2D eigenvalue weighted by atomic mass is 79.9. The van der Waals surface area contributed by atoms with Gasteiger partial charge in [0.1, 0.15) is 12.6 Å². The van der Waals surface area contributed by atoms with Gasteiger partial charge in [-0.2, -0.15) is 0 Å². The maximum Gasteiger partial charge on any atom is 0.244 e. The third-order valence-electron chi connectivity index (χ3n) is 4.98. The second-order valence-corrected chi connectivity index (χ2v) is 10.9. The summed E-state index contributed by atoms with van der Waals surface area (Å²) in [5, 5.41) is 3.40. The van der Waals surface area contributed by atoms with Crippen LogP contribution in [0.15, 0.2) is 53.0 Å². The summed E-state index contributed by atoms with van der Waals surface area (Å²) in [7, 11) is -3.76. The lowest BCUT2D eigenvalue weighted by atomic mass is 10.1.